The van der Waals surface area contributed by atoms with E-state index in [1.165, 1.54) is 19.4 Å². The van der Waals surface area contributed by atoms with Gasteiger partial charge in [0.2, 0.25) is 0 Å². The fourth-order valence-electron chi connectivity index (χ4n) is 2.35. The molecule has 1 aromatic heterocycles. The van der Waals surface area contributed by atoms with E-state index in [0.717, 1.165) is 24.7 Å². The highest BCUT2D eigenvalue weighted by Crippen LogP contribution is 2.31. The summed E-state index contributed by atoms with van der Waals surface area (Å²) >= 11 is 11.8. The van der Waals surface area contributed by atoms with Crippen molar-refractivity contribution in [2.24, 2.45) is 0 Å². The first kappa shape index (κ1) is 11.5. The lowest BCUT2D eigenvalue weighted by molar-refractivity contribution is 0.326. The maximum atomic E-state index is 5.98. The van der Waals surface area contributed by atoms with Crippen LogP contribution >= 0.6 is 23.2 Å². The van der Waals surface area contributed by atoms with Gasteiger partial charge in [0.05, 0.1) is 5.69 Å². The van der Waals surface area contributed by atoms with Crippen LogP contribution in [0, 0.1) is 0 Å². The van der Waals surface area contributed by atoms with E-state index in [-0.39, 0.29) is 0 Å². The summed E-state index contributed by atoms with van der Waals surface area (Å²) in [4.78, 5) is 2.54. The van der Waals surface area contributed by atoms with Gasteiger partial charge < -0.3 is 5.32 Å². The minimum atomic E-state index is 0.369. The first-order valence-electron chi connectivity index (χ1n) is 5.91. The molecule has 1 atom stereocenters. The summed E-state index contributed by atoms with van der Waals surface area (Å²) in [6.07, 6.45) is 3.86. The van der Waals surface area contributed by atoms with E-state index in [9.17, 15) is 0 Å². The third kappa shape index (κ3) is 2.64. The molecule has 92 valence electrons. The third-order valence-electron chi connectivity index (χ3n) is 3.36. The molecule has 1 aromatic rings. The zero-order chi connectivity index (χ0) is 11.8. The first-order chi connectivity index (χ1) is 8.22. The van der Waals surface area contributed by atoms with Gasteiger partial charge in [-0.05, 0) is 19.3 Å². The average Bonchev–Trinajstić information content (AvgIpc) is 3.05. The molecule has 17 heavy (non-hydrogen) atoms. The second-order valence-electron chi connectivity index (χ2n) is 4.73. The molecule has 0 spiro atoms. The molecule has 0 aromatic carbocycles. The Bertz CT molecular complexity index is 422. The predicted octanol–water partition coefficient (Wildman–Crippen LogP) is 2.43. The van der Waals surface area contributed by atoms with Crippen molar-refractivity contribution in [1.82, 2.24) is 15.1 Å². The second-order valence-corrected chi connectivity index (χ2v) is 5.47. The van der Waals surface area contributed by atoms with E-state index in [1.807, 2.05) is 0 Å². The molecule has 0 amide bonds. The van der Waals surface area contributed by atoms with Crippen molar-refractivity contribution in [3.8, 4) is 0 Å². The number of rotatable bonds is 3. The van der Waals surface area contributed by atoms with Gasteiger partial charge in [0.25, 0.3) is 0 Å². The van der Waals surface area contributed by atoms with Gasteiger partial charge in [0.15, 0.2) is 10.3 Å². The number of anilines is 1. The zero-order valence-corrected chi connectivity index (χ0v) is 10.9. The van der Waals surface area contributed by atoms with Crippen LogP contribution in [0.5, 0.6) is 0 Å². The van der Waals surface area contributed by atoms with Crippen LogP contribution in [0.25, 0.3) is 0 Å². The number of nitrogens with zero attached hydrogens (tertiary/aromatic N) is 3. The molecule has 2 aliphatic rings. The Morgan fingerprint density at radius 1 is 1.24 bits per heavy atom. The van der Waals surface area contributed by atoms with E-state index < -0.39 is 0 Å². The number of aromatic nitrogens is 2. The summed E-state index contributed by atoms with van der Waals surface area (Å²) in [6, 6.07) is 3.00. The lowest BCUT2D eigenvalue weighted by Gasteiger charge is -2.16. The van der Waals surface area contributed by atoms with E-state index in [0.29, 0.717) is 16.3 Å². The summed E-state index contributed by atoms with van der Waals surface area (Å²) in [5.41, 5.74) is 0.786. The van der Waals surface area contributed by atoms with E-state index >= 15 is 0 Å². The molecule has 1 saturated carbocycles. The molecule has 1 N–H and O–H groups in total. The van der Waals surface area contributed by atoms with Crippen molar-refractivity contribution >= 4 is 28.9 Å². The monoisotopic (exact) mass is 272 g/mol. The summed E-state index contributed by atoms with van der Waals surface area (Å²) < 4.78 is 0. The molecule has 1 aliphatic carbocycles. The number of likely N-dealkylation sites (tertiary alicyclic amines) is 1. The fraction of sp³-hybridized carbons (Fsp3) is 0.636. The highest BCUT2D eigenvalue weighted by atomic mass is 35.5. The lowest BCUT2D eigenvalue weighted by atomic mass is 10.2. The minimum Gasteiger partial charge on any atom is -0.378 e. The maximum Gasteiger partial charge on any atom is 0.174 e. The topological polar surface area (TPSA) is 41.0 Å². The van der Waals surface area contributed by atoms with Crippen molar-refractivity contribution in [2.45, 2.75) is 31.3 Å². The van der Waals surface area contributed by atoms with Crippen LogP contribution in [0.3, 0.4) is 0 Å². The SMILES string of the molecule is Clc1cc(NC2CCN(C3CC3)C2)c(Cl)nn1. The van der Waals surface area contributed by atoms with Gasteiger partial charge in [-0.2, -0.15) is 0 Å². The van der Waals surface area contributed by atoms with Crippen molar-refractivity contribution in [3.05, 3.63) is 16.4 Å². The van der Waals surface area contributed by atoms with E-state index in [2.05, 4.69) is 20.4 Å². The lowest BCUT2D eigenvalue weighted by Crippen LogP contribution is -2.27. The van der Waals surface area contributed by atoms with Crippen LogP contribution < -0.4 is 5.32 Å². The Morgan fingerprint density at radius 2 is 2.06 bits per heavy atom. The summed E-state index contributed by atoms with van der Waals surface area (Å²) in [7, 11) is 0. The molecular formula is C11H14Cl2N4. The van der Waals surface area contributed by atoms with Gasteiger partial charge in [-0.15, -0.1) is 10.2 Å². The molecule has 1 saturated heterocycles. The van der Waals surface area contributed by atoms with E-state index in [4.69, 9.17) is 23.2 Å². The second kappa shape index (κ2) is 4.59. The van der Waals surface area contributed by atoms with Crippen LogP contribution in [0.15, 0.2) is 6.07 Å². The van der Waals surface area contributed by atoms with Gasteiger partial charge >= 0.3 is 0 Å². The standard InChI is InChI=1S/C11H14Cl2N4/c12-10-5-9(11(13)16-15-10)14-7-3-4-17(6-7)8-1-2-8/h5,7-8H,1-4,6H2,(H,14,15). The number of hydrogen-bond donors (Lipinski definition) is 1. The smallest absolute Gasteiger partial charge is 0.174 e. The predicted molar refractivity (Wildman–Crippen MR) is 68.7 cm³/mol. The number of halogens is 2. The minimum absolute atomic E-state index is 0.369. The van der Waals surface area contributed by atoms with Gasteiger partial charge in [0.1, 0.15) is 0 Å². The Hall–Kier alpha value is -0.580. The molecule has 3 rings (SSSR count). The van der Waals surface area contributed by atoms with Crippen LogP contribution in [-0.4, -0.2) is 40.3 Å². The van der Waals surface area contributed by atoms with Crippen molar-refractivity contribution < 1.29 is 0 Å². The molecule has 0 radical (unpaired) electrons. The van der Waals surface area contributed by atoms with Crippen LogP contribution in [-0.2, 0) is 0 Å². The fourth-order valence-corrected chi connectivity index (χ4v) is 2.64. The third-order valence-corrected chi connectivity index (χ3v) is 3.83. The summed E-state index contributed by atoms with van der Waals surface area (Å²) in [5, 5.41) is 11.7. The number of hydrogen-bond acceptors (Lipinski definition) is 4. The maximum absolute atomic E-state index is 5.98. The van der Waals surface area contributed by atoms with Crippen molar-refractivity contribution in [2.75, 3.05) is 18.4 Å². The quantitative estimate of drug-likeness (QED) is 0.918. The average molecular weight is 273 g/mol. The Balaban J connectivity index is 1.64. The molecule has 2 heterocycles. The highest BCUT2D eigenvalue weighted by Gasteiger charge is 2.34. The molecule has 1 unspecified atom stereocenters. The Morgan fingerprint density at radius 3 is 2.82 bits per heavy atom. The highest BCUT2D eigenvalue weighted by molar-refractivity contribution is 6.33. The molecule has 0 bridgehead atoms. The molecular weight excluding hydrogens is 259 g/mol. The van der Waals surface area contributed by atoms with Crippen molar-refractivity contribution in [1.29, 1.82) is 0 Å². The molecule has 2 fully saturated rings. The summed E-state index contributed by atoms with van der Waals surface area (Å²) in [6.45, 7) is 2.26. The molecule has 4 nitrogen and oxygen atoms in total. The largest absolute Gasteiger partial charge is 0.378 e. The first-order valence-corrected chi connectivity index (χ1v) is 6.67. The van der Waals surface area contributed by atoms with Gasteiger partial charge in [0, 0.05) is 31.2 Å². The van der Waals surface area contributed by atoms with Crippen molar-refractivity contribution in [3.63, 3.8) is 0 Å². The van der Waals surface area contributed by atoms with Gasteiger partial charge in [-0.3, -0.25) is 4.90 Å². The Labute approximate surface area is 110 Å². The summed E-state index contributed by atoms with van der Waals surface area (Å²) in [5.74, 6) is 0. The van der Waals surface area contributed by atoms with Crippen LogP contribution in [0.4, 0.5) is 5.69 Å². The van der Waals surface area contributed by atoms with Crippen LogP contribution in [0.2, 0.25) is 10.3 Å². The van der Waals surface area contributed by atoms with Gasteiger partial charge in [-0.25, -0.2) is 0 Å². The molecule has 1 aliphatic heterocycles. The Kier molecular flexibility index (Phi) is 3.11. The molecule has 6 heteroatoms. The van der Waals surface area contributed by atoms with Gasteiger partial charge in [-0.1, -0.05) is 23.2 Å². The zero-order valence-electron chi connectivity index (χ0n) is 9.37. The normalized spacial score (nSPS) is 25.2. The number of nitrogens with one attached hydrogen (secondary N) is 1. The van der Waals surface area contributed by atoms with Crippen LogP contribution in [0.1, 0.15) is 19.3 Å². The van der Waals surface area contributed by atoms with E-state index in [1.54, 1.807) is 6.07 Å².